The monoisotopic (exact) mass is 1990 g/mol. The zero-order valence-electron chi connectivity index (χ0n) is 90.5. The molecular weight excluding hydrogens is 1800 g/mol. The standard InChI is InChI=1S/C126H192O18/c1-7-13-19-25-31-37-43-49-55-61-67-97-136-109-85-73-103(74-86-109)116(128)124(142-121(133)106-79-91-112(92-80-106)139-100-70-64-58-52-46-40-34-28-22-16-10-4)119(131)115(127)120(132)125(117(129)104-75-87-110(88-76-104)137-98-68-62-56-50-44-38-32-26-20-14-8-2,143-122(134)107-81-93-113(94-82-107)140-101-71-65-59-53-47-41-35-29-23-17-11-5)126(124,118(130)105-77-89-111(90-78-105)138-99-69-63-57-51-45-39-33-27-21-15-9-3)144-123(135)108-83-95-114(96-84-108)141-102-72-66-60-54-48-42-36-30-24-18-12-6/h73-96,115,119-120,127,131-132H,7-72,97-102H2,1-6H3/t115-,119-,120+,124+,125-,126-. The van der Waals surface area contributed by atoms with Gasteiger partial charge in [-0.3, -0.25) is 14.4 Å². The zero-order valence-corrected chi connectivity index (χ0v) is 90.5. The van der Waals surface area contributed by atoms with Crippen LogP contribution in [0.15, 0.2) is 146 Å². The third-order valence-corrected chi connectivity index (χ3v) is 29.0. The van der Waals surface area contributed by atoms with E-state index in [9.17, 15) is 15.3 Å². The number of ether oxygens (including phenoxy) is 9. The highest BCUT2D eigenvalue weighted by molar-refractivity contribution is 6.21. The second-order valence-corrected chi connectivity index (χ2v) is 41.1. The Hall–Kier alpha value is -8.58. The van der Waals surface area contributed by atoms with Gasteiger partial charge in [-0.1, -0.05) is 427 Å². The first-order valence-corrected chi connectivity index (χ1v) is 58.3. The molecular formula is C126H192O18. The van der Waals surface area contributed by atoms with E-state index in [1.54, 1.807) is 0 Å². The third-order valence-electron chi connectivity index (χ3n) is 29.0. The first-order valence-electron chi connectivity index (χ1n) is 58.3. The first-order chi connectivity index (χ1) is 70.6. The Labute approximate surface area is 870 Å². The molecule has 6 atom stereocenters. The quantitative estimate of drug-likeness (QED) is 0.0139. The minimum atomic E-state index is -4.22. The fraction of sp³-hybridized carbons (Fsp3) is 0.667. The Morgan fingerprint density at radius 1 is 0.188 bits per heavy atom. The molecule has 0 amide bonds. The van der Waals surface area contributed by atoms with Gasteiger partial charge in [-0.05, 0) is 184 Å². The lowest BCUT2D eigenvalue weighted by molar-refractivity contribution is -0.293. The van der Waals surface area contributed by atoms with Crippen molar-refractivity contribution in [1.29, 1.82) is 0 Å². The van der Waals surface area contributed by atoms with Gasteiger partial charge in [-0.25, -0.2) is 14.4 Å². The molecule has 3 N–H and O–H groups in total. The van der Waals surface area contributed by atoms with Crippen molar-refractivity contribution in [3.05, 3.63) is 179 Å². The van der Waals surface area contributed by atoms with Crippen LogP contribution in [0.3, 0.4) is 0 Å². The number of rotatable bonds is 90. The van der Waals surface area contributed by atoms with E-state index < -0.39 is 87.1 Å². The number of carbonyl (C=O) groups is 6. The molecule has 0 aliphatic heterocycles. The van der Waals surface area contributed by atoms with E-state index in [0.717, 1.165) is 154 Å². The van der Waals surface area contributed by atoms with Gasteiger partial charge in [0, 0.05) is 16.7 Å². The summed E-state index contributed by atoms with van der Waals surface area (Å²) >= 11 is 0. The van der Waals surface area contributed by atoms with Gasteiger partial charge in [0.1, 0.15) is 52.8 Å². The van der Waals surface area contributed by atoms with Crippen molar-refractivity contribution in [3.8, 4) is 34.5 Å². The number of aliphatic hydroxyl groups excluding tert-OH is 3. The van der Waals surface area contributed by atoms with Crippen LogP contribution in [-0.2, 0) is 14.2 Å². The molecule has 804 valence electrons. The number of hydrogen-bond donors (Lipinski definition) is 3. The molecule has 18 heteroatoms. The number of Topliss-reactive ketones (excluding diaryl/α,β-unsaturated/α-hetero) is 3. The summed E-state index contributed by atoms with van der Waals surface area (Å²) in [6.45, 7) is 15.3. The van der Waals surface area contributed by atoms with Crippen molar-refractivity contribution in [2.45, 2.75) is 500 Å². The summed E-state index contributed by atoms with van der Waals surface area (Å²) in [7, 11) is 0. The summed E-state index contributed by atoms with van der Waals surface area (Å²) in [5.41, 5.74) is -14.7. The highest BCUT2D eigenvalue weighted by Crippen LogP contribution is 2.57. The van der Waals surface area contributed by atoms with E-state index in [1.165, 1.54) is 396 Å². The average molecular weight is 1990 g/mol. The van der Waals surface area contributed by atoms with Crippen LogP contribution in [0.25, 0.3) is 0 Å². The van der Waals surface area contributed by atoms with Crippen molar-refractivity contribution >= 4 is 35.3 Å². The summed E-state index contributed by atoms with van der Waals surface area (Å²) in [4.78, 5) is 104. The lowest BCUT2D eigenvalue weighted by atomic mass is 9.52. The van der Waals surface area contributed by atoms with Gasteiger partial charge in [0.05, 0.1) is 56.3 Å². The van der Waals surface area contributed by atoms with Gasteiger partial charge in [0.15, 0.2) is 0 Å². The molecule has 0 aromatic heterocycles. The van der Waals surface area contributed by atoms with Gasteiger partial charge in [-0.2, -0.15) is 0 Å². The smallest absolute Gasteiger partial charge is 0.339 e. The van der Waals surface area contributed by atoms with E-state index in [2.05, 4.69) is 41.5 Å². The third kappa shape index (κ3) is 44.1. The Balaban J connectivity index is 1.42. The fourth-order valence-corrected chi connectivity index (χ4v) is 20.0. The van der Waals surface area contributed by atoms with Crippen LogP contribution in [0, 0.1) is 0 Å². The predicted molar refractivity (Wildman–Crippen MR) is 586 cm³/mol. The Bertz CT molecular complexity index is 4110. The second kappa shape index (κ2) is 76.0. The molecule has 144 heavy (non-hydrogen) atoms. The van der Waals surface area contributed by atoms with Crippen molar-refractivity contribution < 1.29 is 86.7 Å². The van der Waals surface area contributed by atoms with Gasteiger partial charge >= 0.3 is 17.9 Å². The van der Waals surface area contributed by atoms with Crippen LogP contribution >= 0.6 is 0 Å². The maximum absolute atomic E-state index is 18.3. The summed E-state index contributed by atoms with van der Waals surface area (Å²) in [6.07, 6.45) is 65.3. The summed E-state index contributed by atoms with van der Waals surface area (Å²) in [6, 6.07) is 33.9. The largest absolute Gasteiger partial charge is 0.494 e. The van der Waals surface area contributed by atoms with Gasteiger partial charge in [-0.15, -0.1) is 0 Å². The summed E-state index contributed by atoms with van der Waals surface area (Å²) in [5.74, 6) is -7.17. The molecule has 0 spiro atoms. The van der Waals surface area contributed by atoms with Crippen LogP contribution < -0.4 is 28.4 Å². The van der Waals surface area contributed by atoms with Gasteiger partial charge < -0.3 is 58.0 Å². The maximum atomic E-state index is 18.3. The molecule has 18 nitrogen and oxygen atoms in total. The normalized spacial score (nSPS) is 16.6. The van der Waals surface area contributed by atoms with Crippen molar-refractivity contribution in [2.24, 2.45) is 0 Å². The van der Waals surface area contributed by atoms with Gasteiger partial charge in [0.25, 0.3) is 16.8 Å². The number of unbranched alkanes of at least 4 members (excludes halogenated alkanes) is 60. The molecule has 7 rings (SSSR count). The topological polar surface area (TPSA) is 246 Å². The number of hydrogen-bond acceptors (Lipinski definition) is 18. The molecule has 0 bridgehead atoms. The molecule has 0 saturated heterocycles. The first kappa shape index (κ1) is 122. The number of ketones is 3. The molecule has 1 fully saturated rings. The lowest BCUT2D eigenvalue weighted by Crippen LogP contribution is -2.91. The Morgan fingerprint density at radius 3 is 0.493 bits per heavy atom. The average Bonchev–Trinajstić information content (AvgIpc) is 0.656. The van der Waals surface area contributed by atoms with E-state index in [4.69, 9.17) is 42.6 Å². The molecule has 1 aliphatic rings. The second-order valence-electron chi connectivity index (χ2n) is 41.1. The maximum Gasteiger partial charge on any atom is 0.339 e. The zero-order chi connectivity index (χ0) is 103. The summed E-state index contributed by atoms with van der Waals surface area (Å²) in [5, 5.41) is 41.9. The minimum Gasteiger partial charge on any atom is -0.494 e. The number of esters is 3. The predicted octanol–water partition coefficient (Wildman–Crippen LogP) is 33.7. The number of benzene rings is 6. The fourth-order valence-electron chi connectivity index (χ4n) is 20.0. The Morgan fingerprint density at radius 2 is 0.326 bits per heavy atom. The number of aliphatic hydroxyl groups is 3. The van der Waals surface area contributed by atoms with Gasteiger partial charge in [0.2, 0.25) is 17.3 Å². The molecule has 6 aromatic rings. The van der Waals surface area contributed by atoms with Crippen LogP contribution in [0.5, 0.6) is 34.5 Å². The highest BCUT2D eigenvalue weighted by atomic mass is 16.7. The molecule has 1 aliphatic carbocycles. The highest BCUT2D eigenvalue weighted by Gasteiger charge is 2.88. The Kier molecular flexibility index (Phi) is 64.6. The molecule has 6 aromatic carbocycles. The summed E-state index contributed by atoms with van der Waals surface area (Å²) < 4.78 is 59.1. The van der Waals surface area contributed by atoms with Crippen molar-refractivity contribution in [2.75, 3.05) is 39.6 Å². The van der Waals surface area contributed by atoms with E-state index in [1.807, 2.05) is 0 Å². The SMILES string of the molecule is CCCCCCCCCCCCCOc1ccc(C(=O)O[C@@]2(C(=O)c3ccc(OCCCCCCCCCCCCC)cc3)[C@@](OC(=O)c3ccc(OCCCCCCCCCCCCC)cc3)(C(=O)c3ccc(OCCCCCCCCCCCCC)cc3)[C@@H](O)[C@H](O)[C@@H](O)[C@@]2(OC(=O)c2ccc(OCCCCCCCCCCCCC)cc2)C(=O)c2ccc(OCCCCCCCCCCCCC)cc2)cc1. The molecule has 1 saturated carbocycles. The minimum absolute atomic E-state index is 0.284. The molecule has 0 unspecified atom stereocenters. The van der Waals surface area contributed by atoms with E-state index in [0.29, 0.717) is 81.0 Å². The number of carbonyl (C=O) groups excluding carboxylic acids is 6. The lowest BCUT2D eigenvalue weighted by Gasteiger charge is -2.60. The van der Waals surface area contributed by atoms with Crippen LogP contribution in [-0.4, -0.2) is 125 Å². The molecule has 0 heterocycles. The van der Waals surface area contributed by atoms with E-state index >= 15 is 28.8 Å². The van der Waals surface area contributed by atoms with Crippen LogP contribution in [0.2, 0.25) is 0 Å². The van der Waals surface area contributed by atoms with Crippen molar-refractivity contribution in [3.63, 3.8) is 0 Å². The van der Waals surface area contributed by atoms with Crippen LogP contribution in [0.4, 0.5) is 0 Å². The van der Waals surface area contributed by atoms with Crippen LogP contribution in [0.1, 0.15) is 527 Å². The van der Waals surface area contributed by atoms with Crippen molar-refractivity contribution in [1.82, 2.24) is 0 Å². The van der Waals surface area contributed by atoms with E-state index in [-0.39, 0.29) is 29.0 Å². The molecule has 0 radical (unpaired) electrons.